The monoisotopic (exact) mass is 392 g/mol. The second kappa shape index (κ2) is 6.37. The summed E-state index contributed by atoms with van der Waals surface area (Å²) in [6.07, 6.45) is 1.54. The molecule has 3 fully saturated rings. The van der Waals surface area contributed by atoms with Crippen molar-refractivity contribution >= 4 is 5.90 Å². The first-order chi connectivity index (χ1) is 14.0. The molecule has 1 saturated carbocycles. The molecule has 1 aliphatic carbocycles. The number of nitrogens with zero attached hydrogens (tertiary/aromatic N) is 3. The summed E-state index contributed by atoms with van der Waals surface area (Å²) in [5.74, 6) is -1.20. The third kappa shape index (κ3) is 2.11. The lowest BCUT2D eigenvalue weighted by atomic mass is 9.51. The van der Waals surface area contributed by atoms with Crippen molar-refractivity contribution < 1.29 is 18.9 Å². The van der Waals surface area contributed by atoms with E-state index in [1.807, 2.05) is 0 Å². The van der Waals surface area contributed by atoms with Crippen LogP contribution in [0.2, 0.25) is 0 Å². The molecule has 3 aliphatic rings. The molecule has 2 bridgehead atoms. The molecule has 4 atom stereocenters. The first-order valence-corrected chi connectivity index (χ1v) is 9.40. The van der Waals surface area contributed by atoms with Gasteiger partial charge in [-0.1, -0.05) is 6.42 Å². The van der Waals surface area contributed by atoms with Crippen LogP contribution in [-0.2, 0) is 9.47 Å². The van der Waals surface area contributed by atoms with Gasteiger partial charge in [0.1, 0.15) is 17.6 Å². The fourth-order valence-electron chi connectivity index (χ4n) is 5.17. The van der Waals surface area contributed by atoms with E-state index in [1.165, 1.54) is 14.2 Å². The molecule has 1 aromatic rings. The van der Waals surface area contributed by atoms with Gasteiger partial charge in [0, 0.05) is 18.1 Å². The number of hydrogen-bond donors (Lipinski definition) is 1. The Labute approximate surface area is 168 Å². The van der Waals surface area contributed by atoms with Crippen molar-refractivity contribution in [3.05, 3.63) is 23.8 Å². The Morgan fingerprint density at radius 2 is 1.86 bits per heavy atom. The zero-order valence-corrected chi connectivity index (χ0v) is 16.2. The SMILES string of the molecule is COc1ccc([C@H]2O[C@@]34CCCC[C@@H]3[C@@](C#N)(C(=N)O4)C2(C#N)C#N)c(OC)c1. The van der Waals surface area contributed by atoms with Gasteiger partial charge in [-0.2, -0.15) is 15.8 Å². The molecule has 0 spiro atoms. The molecular weight excluding hydrogens is 372 g/mol. The van der Waals surface area contributed by atoms with E-state index in [9.17, 15) is 15.8 Å². The summed E-state index contributed by atoms with van der Waals surface area (Å²) in [5.41, 5.74) is -3.24. The lowest BCUT2D eigenvalue weighted by Gasteiger charge is -2.51. The Balaban J connectivity index is 2.00. The molecule has 2 aliphatic heterocycles. The minimum absolute atomic E-state index is 0.357. The van der Waals surface area contributed by atoms with Gasteiger partial charge in [-0.05, 0) is 25.0 Å². The Kier molecular flexibility index (Phi) is 4.19. The fraction of sp³-hybridized carbons (Fsp3) is 0.524. The van der Waals surface area contributed by atoms with Crippen molar-refractivity contribution in [2.75, 3.05) is 14.2 Å². The Bertz CT molecular complexity index is 989. The van der Waals surface area contributed by atoms with Crippen LogP contribution in [0.3, 0.4) is 0 Å². The average Bonchev–Trinajstić information content (AvgIpc) is 2.97. The molecule has 8 heteroatoms. The van der Waals surface area contributed by atoms with E-state index >= 15 is 0 Å². The highest BCUT2D eigenvalue weighted by molar-refractivity contribution is 5.89. The molecule has 0 aromatic heterocycles. The number of nitriles is 3. The summed E-state index contributed by atoms with van der Waals surface area (Å²) < 4.78 is 23.0. The van der Waals surface area contributed by atoms with Crippen LogP contribution in [0, 0.1) is 56.2 Å². The van der Waals surface area contributed by atoms with Crippen molar-refractivity contribution in [1.29, 1.82) is 21.2 Å². The number of methoxy groups -OCH3 is 2. The van der Waals surface area contributed by atoms with Crippen molar-refractivity contribution in [3.63, 3.8) is 0 Å². The van der Waals surface area contributed by atoms with Gasteiger partial charge in [0.25, 0.3) is 0 Å². The minimum Gasteiger partial charge on any atom is -0.497 e. The van der Waals surface area contributed by atoms with Crippen LogP contribution in [0.5, 0.6) is 11.5 Å². The zero-order chi connectivity index (χ0) is 20.9. The Morgan fingerprint density at radius 3 is 2.48 bits per heavy atom. The van der Waals surface area contributed by atoms with Crippen LogP contribution < -0.4 is 9.47 Å². The third-order valence-corrected chi connectivity index (χ3v) is 6.54. The lowest BCUT2D eigenvalue weighted by molar-refractivity contribution is -0.294. The predicted molar refractivity (Wildman–Crippen MR) is 98.6 cm³/mol. The highest BCUT2D eigenvalue weighted by Gasteiger charge is 2.80. The van der Waals surface area contributed by atoms with E-state index in [0.717, 1.165) is 12.8 Å². The summed E-state index contributed by atoms with van der Waals surface area (Å²) in [4.78, 5) is 0. The molecule has 0 unspecified atom stereocenters. The highest BCUT2D eigenvalue weighted by Crippen LogP contribution is 2.70. The van der Waals surface area contributed by atoms with Crippen LogP contribution >= 0.6 is 0 Å². The second-order valence-corrected chi connectivity index (χ2v) is 7.60. The van der Waals surface area contributed by atoms with E-state index in [1.54, 1.807) is 18.2 Å². The summed E-state index contributed by atoms with van der Waals surface area (Å²) in [6.45, 7) is 0. The number of rotatable bonds is 3. The molecule has 2 heterocycles. The van der Waals surface area contributed by atoms with Crippen molar-refractivity contribution in [3.8, 4) is 29.7 Å². The number of benzene rings is 1. The average molecular weight is 392 g/mol. The molecule has 4 rings (SSSR count). The van der Waals surface area contributed by atoms with Crippen molar-refractivity contribution in [1.82, 2.24) is 0 Å². The van der Waals surface area contributed by atoms with Crippen LogP contribution in [0.25, 0.3) is 0 Å². The van der Waals surface area contributed by atoms with E-state index in [2.05, 4.69) is 18.2 Å². The van der Waals surface area contributed by atoms with E-state index in [-0.39, 0.29) is 5.90 Å². The lowest BCUT2D eigenvalue weighted by Crippen LogP contribution is -2.60. The quantitative estimate of drug-likeness (QED) is 0.835. The maximum atomic E-state index is 10.3. The van der Waals surface area contributed by atoms with Gasteiger partial charge < -0.3 is 18.9 Å². The largest absolute Gasteiger partial charge is 0.497 e. The molecule has 1 aromatic carbocycles. The highest BCUT2D eigenvalue weighted by atomic mass is 16.7. The smallest absolute Gasteiger partial charge is 0.217 e. The Morgan fingerprint density at radius 1 is 1.10 bits per heavy atom. The number of hydrogen-bond acceptors (Lipinski definition) is 8. The van der Waals surface area contributed by atoms with Crippen LogP contribution in [0.15, 0.2) is 18.2 Å². The van der Waals surface area contributed by atoms with Crippen LogP contribution in [-0.4, -0.2) is 25.9 Å². The van der Waals surface area contributed by atoms with E-state index < -0.39 is 28.6 Å². The Hall–Kier alpha value is -3.28. The molecule has 29 heavy (non-hydrogen) atoms. The normalized spacial score (nSPS) is 34.0. The number of ether oxygens (including phenoxy) is 4. The van der Waals surface area contributed by atoms with Gasteiger partial charge in [0.2, 0.25) is 17.1 Å². The van der Waals surface area contributed by atoms with Gasteiger partial charge in [0.15, 0.2) is 5.41 Å². The summed E-state index contributed by atoms with van der Waals surface area (Å²) >= 11 is 0. The number of nitrogens with one attached hydrogen (secondary N) is 1. The maximum absolute atomic E-state index is 10.3. The van der Waals surface area contributed by atoms with Crippen LogP contribution in [0.1, 0.15) is 37.4 Å². The van der Waals surface area contributed by atoms with Crippen molar-refractivity contribution in [2.45, 2.75) is 37.6 Å². The first-order valence-electron chi connectivity index (χ1n) is 9.40. The maximum Gasteiger partial charge on any atom is 0.217 e. The summed E-state index contributed by atoms with van der Waals surface area (Å²) in [6, 6.07) is 11.3. The van der Waals surface area contributed by atoms with Crippen LogP contribution in [0.4, 0.5) is 0 Å². The molecular formula is C21H20N4O4. The van der Waals surface area contributed by atoms with Gasteiger partial charge in [-0.3, -0.25) is 5.41 Å². The molecule has 0 radical (unpaired) electrons. The van der Waals surface area contributed by atoms with E-state index in [0.29, 0.717) is 29.9 Å². The van der Waals surface area contributed by atoms with Gasteiger partial charge in [-0.15, -0.1) is 0 Å². The fourth-order valence-corrected chi connectivity index (χ4v) is 5.17. The zero-order valence-electron chi connectivity index (χ0n) is 16.2. The molecule has 8 nitrogen and oxygen atoms in total. The minimum atomic E-state index is -1.97. The van der Waals surface area contributed by atoms with Crippen molar-refractivity contribution in [2.24, 2.45) is 16.7 Å². The standard InChI is InChI=1S/C21H20N4O4/c1-26-13-6-7-14(15(9-13)27-2)17-19(10-22,11-23)20(12-24)16-5-3-4-8-21(16,28-17)29-18(20)25/h6-7,9,16-17,25H,3-5,8H2,1-2H3/t16-,17-,20+,21-/m1/s1. The first kappa shape index (κ1) is 19.1. The van der Waals surface area contributed by atoms with E-state index in [4.69, 9.17) is 24.4 Å². The molecule has 0 amide bonds. The molecule has 2 saturated heterocycles. The summed E-state index contributed by atoms with van der Waals surface area (Å²) in [7, 11) is 2.99. The molecule has 148 valence electrons. The van der Waals surface area contributed by atoms with Gasteiger partial charge in [0.05, 0.1) is 38.3 Å². The summed E-state index contributed by atoms with van der Waals surface area (Å²) in [5, 5.41) is 39.3. The van der Waals surface area contributed by atoms with Gasteiger partial charge in [-0.25, -0.2) is 0 Å². The predicted octanol–water partition coefficient (Wildman–Crippen LogP) is 3.21. The third-order valence-electron chi connectivity index (χ3n) is 6.54. The topological polar surface area (TPSA) is 132 Å². The van der Waals surface area contributed by atoms with Gasteiger partial charge >= 0.3 is 0 Å². The molecule has 1 N–H and O–H groups in total. The second-order valence-electron chi connectivity index (χ2n) is 7.60.